The van der Waals surface area contributed by atoms with Gasteiger partial charge in [-0.05, 0) is 42.7 Å². The number of nitrogens with one attached hydrogen (secondary N) is 1. The Bertz CT molecular complexity index is 837. The van der Waals surface area contributed by atoms with Crippen molar-refractivity contribution in [3.8, 4) is 5.69 Å². The van der Waals surface area contributed by atoms with E-state index in [9.17, 15) is 4.39 Å². The van der Waals surface area contributed by atoms with Gasteiger partial charge in [0.25, 0.3) is 0 Å². The van der Waals surface area contributed by atoms with Crippen molar-refractivity contribution in [3.63, 3.8) is 0 Å². The van der Waals surface area contributed by atoms with E-state index in [0.717, 1.165) is 76.2 Å². The van der Waals surface area contributed by atoms with Gasteiger partial charge in [-0.1, -0.05) is 0 Å². The molecule has 1 aromatic carbocycles. The number of ether oxygens (including phenoxy) is 1. The number of morpholine rings is 1. The summed E-state index contributed by atoms with van der Waals surface area (Å²) in [7, 11) is 1.85. The van der Waals surface area contributed by atoms with E-state index in [4.69, 9.17) is 4.74 Å². The van der Waals surface area contributed by atoms with Gasteiger partial charge in [0.1, 0.15) is 5.82 Å². The standard InChI is InChI=1S/C22H31FN6O.HI/c1-24-22(28-10-7-18(17-28)16-27-12-14-30-15-13-27)25-9-6-20-8-11-29(26-20)21-4-2-19(23)3-5-21;/h2-5,8,11,18H,6-7,9-10,12-17H2,1H3,(H,24,25);1H. The summed E-state index contributed by atoms with van der Waals surface area (Å²) in [5.74, 6) is 1.42. The van der Waals surface area contributed by atoms with Gasteiger partial charge in [-0.2, -0.15) is 5.10 Å². The Kier molecular flexibility index (Phi) is 9.09. The molecule has 2 aromatic rings. The minimum absolute atomic E-state index is 0. The summed E-state index contributed by atoms with van der Waals surface area (Å²) < 4.78 is 20.3. The van der Waals surface area contributed by atoms with Gasteiger partial charge >= 0.3 is 0 Å². The van der Waals surface area contributed by atoms with E-state index in [2.05, 4.69) is 25.2 Å². The van der Waals surface area contributed by atoms with Crippen molar-refractivity contribution >= 4 is 29.9 Å². The number of benzene rings is 1. The van der Waals surface area contributed by atoms with Crippen molar-refractivity contribution in [1.29, 1.82) is 0 Å². The van der Waals surface area contributed by atoms with Crippen molar-refractivity contribution in [1.82, 2.24) is 24.9 Å². The molecule has 0 saturated carbocycles. The second kappa shape index (κ2) is 11.8. The molecule has 2 fully saturated rings. The summed E-state index contributed by atoms with van der Waals surface area (Å²) in [6.07, 6.45) is 3.92. The van der Waals surface area contributed by atoms with Crippen LogP contribution >= 0.6 is 24.0 Å². The summed E-state index contributed by atoms with van der Waals surface area (Å²) in [6, 6.07) is 8.36. The predicted molar refractivity (Wildman–Crippen MR) is 131 cm³/mol. The molecule has 170 valence electrons. The lowest BCUT2D eigenvalue weighted by Crippen LogP contribution is -2.42. The molecule has 2 saturated heterocycles. The SMILES string of the molecule is CN=C(NCCc1ccn(-c2ccc(F)cc2)n1)N1CCC(CN2CCOCC2)C1.I. The van der Waals surface area contributed by atoms with Crippen LogP contribution in [0.4, 0.5) is 4.39 Å². The van der Waals surface area contributed by atoms with Gasteiger partial charge in [0.05, 0.1) is 24.6 Å². The first kappa shape index (κ1) is 23.9. The van der Waals surface area contributed by atoms with Crippen LogP contribution < -0.4 is 5.32 Å². The third kappa shape index (κ3) is 6.63. The Balaban J connectivity index is 0.00000272. The molecule has 0 radical (unpaired) electrons. The molecule has 2 aliphatic heterocycles. The number of likely N-dealkylation sites (tertiary alicyclic amines) is 1. The number of hydrogen-bond donors (Lipinski definition) is 1. The number of hydrogen-bond acceptors (Lipinski definition) is 4. The smallest absolute Gasteiger partial charge is 0.193 e. The van der Waals surface area contributed by atoms with Crippen molar-refractivity contribution in [2.45, 2.75) is 12.8 Å². The van der Waals surface area contributed by atoms with Gasteiger partial charge < -0.3 is 15.0 Å². The normalized spacial score (nSPS) is 20.0. The van der Waals surface area contributed by atoms with E-state index in [1.807, 2.05) is 19.3 Å². The first-order valence-electron chi connectivity index (χ1n) is 10.8. The zero-order chi connectivity index (χ0) is 20.8. The molecule has 0 amide bonds. The Morgan fingerprint density at radius 3 is 2.71 bits per heavy atom. The molecule has 2 aliphatic rings. The fraction of sp³-hybridized carbons (Fsp3) is 0.545. The van der Waals surface area contributed by atoms with E-state index in [1.54, 1.807) is 16.8 Å². The van der Waals surface area contributed by atoms with Gasteiger partial charge in [0, 0.05) is 58.9 Å². The Hall–Kier alpha value is -1.72. The maximum atomic E-state index is 13.1. The highest BCUT2D eigenvalue weighted by molar-refractivity contribution is 14.0. The summed E-state index contributed by atoms with van der Waals surface area (Å²) in [6.45, 7) is 7.84. The number of aliphatic imine (C=N–C) groups is 1. The van der Waals surface area contributed by atoms with Crippen LogP contribution in [-0.2, 0) is 11.2 Å². The fourth-order valence-electron chi connectivity index (χ4n) is 4.19. The van der Waals surface area contributed by atoms with E-state index in [-0.39, 0.29) is 29.8 Å². The van der Waals surface area contributed by atoms with Crippen LogP contribution in [-0.4, -0.2) is 85.1 Å². The van der Waals surface area contributed by atoms with Crippen molar-refractivity contribution < 1.29 is 9.13 Å². The summed E-state index contributed by atoms with van der Waals surface area (Å²) in [5, 5.41) is 8.08. The molecule has 1 N–H and O–H groups in total. The lowest BCUT2D eigenvalue weighted by atomic mass is 10.1. The predicted octanol–water partition coefficient (Wildman–Crippen LogP) is 2.40. The minimum Gasteiger partial charge on any atom is -0.379 e. The molecular formula is C22H32FIN6O. The van der Waals surface area contributed by atoms with Crippen molar-refractivity contribution in [2.75, 3.05) is 59.5 Å². The number of nitrogens with zero attached hydrogens (tertiary/aromatic N) is 5. The van der Waals surface area contributed by atoms with E-state index in [0.29, 0.717) is 5.92 Å². The molecular weight excluding hydrogens is 510 g/mol. The highest BCUT2D eigenvalue weighted by Crippen LogP contribution is 2.18. The molecule has 1 unspecified atom stereocenters. The third-order valence-electron chi connectivity index (χ3n) is 5.82. The number of guanidine groups is 1. The fourth-order valence-corrected chi connectivity index (χ4v) is 4.19. The van der Waals surface area contributed by atoms with Gasteiger partial charge in [0.15, 0.2) is 5.96 Å². The Morgan fingerprint density at radius 2 is 1.97 bits per heavy atom. The minimum atomic E-state index is -0.240. The molecule has 1 atom stereocenters. The van der Waals surface area contributed by atoms with Crippen LogP contribution in [0.5, 0.6) is 0 Å². The maximum absolute atomic E-state index is 13.1. The Labute approximate surface area is 200 Å². The zero-order valence-corrected chi connectivity index (χ0v) is 20.4. The van der Waals surface area contributed by atoms with Crippen LogP contribution in [0, 0.1) is 11.7 Å². The highest BCUT2D eigenvalue weighted by Gasteiger charge is 2.27. The molecule has 9 heteroatoms. The first-order valence-corrected chi connectivity index (χ1v) is 10.8. The second-order valence-electron chi connectivity index (χ2n) is 7.97. The van der Waals surface area contributed by atoms with Crippen LogP contribution in [0.2, 0.25) is 0 Å². The molecule has 4 rings (SSSR count). The van der Waals surface area contributed by atoms with Crippen molar-refractivity contribution in [3.05, 3.63) is 48.0 Å². The molecule has 0 bridgehead atoms. The summed E-state index contributed by atoms with van der Waals surface area (Å²) in [4.78, 5) is 9.36. The molecule has 3 heterocycles. The molecule has 1 aromatic heterocycles. The van der Waals surface area contributed by atoms with Crippen LogP contribution in [0.15, 0.2) is 41.5 Å². The van der Waals surface area contributed by atoms with Gasteiger partial charge in [-0.25, -0.2) is 9.07 Å². The van der Waals surface area contributed by atoms with Gasteiger partial charge in [-0.3, -0.25) is 9.89 Å². The largest absolute Gasteiger partial charge is 0.379 e. The quantitative estimate of drug-likeness (QED) is 0.346. The molecule has 7 nitrogen and oxygen atoms in total. The van der Waals surface area contributed by atoms with E-state index in [1.165, 1.54) is 18.6 Å². The van der Waals surface area contributed by atoms with Gasteiger partial charge in [-0.15, -0.1) is 24.0 Å². The average molecular weight is 542 g/mol. The monoisotopic (exact) mass is 542 g/mol. The van der Waals surface area contributed by atoms with Gasteiger partial charge in [0.2, 0.25) is 0 Å². The van der Waals surface area contributed by atoms with E-state index >= 15 is 0 Å². The Morgan fingerprint density at radius 1 is 1.19 bits per heavy atom. The molecule has 0 aliphatic carbocycles. The third-order valence-corrected chi connectivity index (χ3v) is 5.82. The average Bonchev–Trinajstić information content (AvgIpc) is 3.42. The molecule has 0 spiro atoms. The number of rotatable bonds is 6. The summed E-state index contributed by atoms with van der Waals surface area (Å²) in [5.41, 5.74) is 1.85. The van der Waals surface area contributed by atoms with E-state index < -0.39 is 0 Å². The number of halogens is 2. The maximum Gasteiger partial charge on any atom is 0.193 e. The molecule has 31 heavy (non-hydrogen) atoms. The van der Waals surface area contributed by atoms with Crippen LogP contribution in [0.1, 0.15) is 12.1 Å². The lowest BCUT2D eigenvalue weighted by molar-refractivity contribution is 0.0315. The van der Waals surface area contributed by atoms with Crippen LogP contribution in [0.3, 0.4) is 0 Å². The summed E-state index contributed by atoms with van der Waals surface area (Å²) >= 11 is 0. The lowest BCUT2D eigenvalue weighted by Gasteiger charge is -2.29. The second-order valence-corrected chi connectivity index (χ2v) is 7.97. The first-order chi connectivity index (χ1) is 14.7. The van der Waals surface area contributed by atoms with Crippen LogP contribution in [0.25, 0.3) is 5.69 Å². The topological polar surface area (TPSA) is 57.9 Å². The highest BCUT2D eigenvalue weighted by atomic mass is 127. The van der Waals surface area contributed by atoms with Crippen molar-refractivity contribution in [2.24, 2.45) is 10.9 Å². The number of aromatic nitrogens is 2. The zero-order valence-electron chi connectivity index (χ0n) is 18.0.